The van der Waals surface area contributed by atoms with E-state index < -0.39 is 0 Å². The Labute approximate surface area is 362 Å². The van der Waals surface area contributed by atoms with Crippen LogP contribution >= 0.6 is 11.3 Å². The Kier molecular flexibility index (Phi) is 8.65. The molecule has 12 rings (SSSR count). The van der Waals surface area contributed by atoms with Gasteiger partial charge in [0.1, 0.15) is 0 Å². The molecule has 0 aliphatic carbocycles. The van der Waals surface area contributed by atoms with Crippen LogP contribution in [-0.2, 0) is 0 Å². The molecule has 62 heavy (non-hydrogen) atoms. The van der Waals surface area contributed by atoms with E-state index >= 15 is 0 Å². The van der Waals surface area contributed by atoms with Gasteiger partial charge in [-0.2, -0.15) is 0 Å². The van der Waals surface area contributed by atoms with Crippen LogP contribution in [0.15, 0.2) is 218 Å². The molecule has 0 radical (unpaired) electrons. The van der Waals surface area contributed by atoms with E-state index in [-0.39, 0.29) is 0 Å². The molecular formula is C57H36N4S. The maximum Gasteiger partial charge on any atom is 0.166 e. The van der Waals surface area contributed by atoms with Gasteiger partial charge >= 0.3 is 0 Å². The number of rotatable bonds is 7. The Hall–Kier alpha value is -7.99. The highest BCUT2D eigenvalue weighted by atomic mass is 32.1. The van der Waals surface area contributed by atoms with Gasteiger partial charge in [-0.1, -0.05) is 176 Å². The highest BCUT2D eigenvalue weighted by Crippen LogP contribution is 2.42. The summed E-state index contributed by atoms with van der Waals surface area (Å²) < 4.78 is 4.93. The molecule has 0 atom stereocenters. The Morgan fingerprint density at radius 3 is 1.47 bits per heavy atom. The van der Waals surface area contributed by atoms with Crippen molar-refractivity contribution >= 4 is 53.3 Å². The molecule has 12 aromatic rings. The molecule has 290 valence electrons. The van der Waals surface area contributed by atoms with E-state index in [0.717, 1.165) is 61.2 Å². The Balaban J connectivity index is 1.10. The summed E-state index contributed by atoms with van der Waals surface area (Å²) in [6.07, 6.45) is 0. The lowest BCUT2D eigenvalue weighted by atomic mass is 10.00. The van der Waals surface area contributed by atoms with Crippen LogP contribution in [0.1, 0.15) is 0 Å². The summed E-state index contributed by atoms with van der Waals surface area (Å²) in [6, 6.07) is 77.4. The van der Waals surface area contributed by atoms with Crippen LogP contribution in [-0.4, -0.2) is 19.5 Å². The molecule has 0 amide bonds. The number of para-hydroxylation sites is 2. The quantitative estimate of drug-likeness (QED) is 0.161. The van der Waals surface area contributed by atoms with Crippen molar-refractivity contribution in [3.63, 3.8) is 0 Å². The minimum absolute atomic E-state index is 0.601. The van der Waals surface area contributed by atoms with Crippen LogP contribution in [0.4, 0.5) is 0 Å². The number of hydrogen-bond acceptors (Lipinski definition) is 4. The lowest BCUT2D eigenvalue weighted by Gasteiger charge is -2.16. The summed E-state index contributed by atoms with van der Waals surface area (Å²) in [6.45, 7) is 0. The fourth-order valence-electron chi connectivity index (χ4n) is 8.92. The highest BCUT2D eigenvalue weighted by Gasteiger charge is 2.21. The standard InChI is InChI=1S/C57H36N4S/c1-3-16-37(17-4-1)39-20-13-22-42(34-39)55-58-56(43-23-14-21-41(35-43)44-27-15-28-48-47-26-9-12-31-53(47)62-54(44)48)60-57(59-55)49-33-32-40(38-18-5-2-6-19-38)36-52(49)61-50-29-10-7-24-45(50)46-25-8-11-30-51(46)61/h1-36H. The third-order valence-corrected chi connectivity index (χ3v) is 13.1. The third-order valence-electron chi connectivity index (χ3n) is 11.9. The molecule has 0 unspecified atom stereocenters. The smallest absolute Gasteiger partial charge is 0.166 e. The van der Waals surface area contributed by atoms with Crippen LogP contribution in [0.2, 0.25) is 0 Å². The molecule has 0 aliphatic rings. The van der Waals surface area contributed by atoms with Gasteiger partial charge in [0.05, 0.1) is 16.7 Å². The number of thiophene rings is 1. The van der Waals surface area contributed by atoms with Gasteiger partial charge < -0.3 is 4.57 Å². The molecular weight excluding hydrogens is 773 g/mol. The summed E-state index contributed by atoms with van der Waals surface area (Å²) in [5, 5.41) is 4.94. The van der Waals surface area contributed by atoms with Crippen molar-refractivity contribution in [3.8, 4) is 73.2 Å². The summed E-state index contributed by atoms with van der Waals surface area (Å²) >= 11 is 1.84. The first kappa shape index (κ1) is 35.9. The zero-order valence-electron chi connectivity index (χ0n) is 33.5. The van der Waals surface area contributed by atoms with Crippen LogP contribution in [0.25, 0.3) is 115 Å². The molecule has 0 saturated heterocycles. The molecule has 0 bridgehead atoms. The van der Waals surface area contributed by atoms with Gasteiger partial charge in [-0.15, -0.1) is 11.3 Å². The zero-order valence-corrected chi connectivity index (χ0v) is 34.3. The van der Waals surface area contributed by atoms with Crippen molar-refractivity contribution in [1.82, 2.24) is 19.5 Å². The molecule has 0 spiro atoms. The maximum absolute atomic E-state index is 5.41. The fraction of sp³-hybridized carbons (Fsp3) is 0. The first-order valence-electron chi connectivity index (χ1n) is 20.8. The monoisotopic (exact) mass is 808 g/mol. The molecule has 3 heterocycles. The van der Waals surface area contributed by atoms with Crippen molar-refractivity contribution in [1.29, 1.82) is 0 Å². The van der Waals surface area contributed by atoms with E-state index in [4.69, 9.17) is 15.0 Å². The van der Waals surface area contributed by atoms with E-state index in [2.05, 4.69) is 217 Å². The predicted octanol–water partition coefficient (Wildman–Crippen LogP) is 15.3. The second-order valence-electron chi connectivity index (χ2n) is 15.6. The van der Waals surface area contributed by atoms with Crippen LogP contribution in [0, 0.1) is 0 Å². The molecule has 3 aromatic heterocycles. The van der Waals surface area contributed by atoms with E-state index in [9.17, 15) is 0 Å². The third kappa shape index (κ3) is 6.18. The topological polar surface area (TPSA) is 43.6 Å². The largest absolute Gasteiger partial charge is 0.308 e. The molecule has 4 nitrogen and oxygen atoms in total. The molecule has 9 aromatic carbocycles. The molecule has 0 aliphatic heterocycles. The van der Waals surface area contributed by atoms with Gasteiger partial charge in [0.2, 0.25) is 0 Å². The lowest BCUT2D eigenvalue weighted by Crippen LogP contribution is -2.04. The van der Waals surface area contributed by atoms with E-state index in [1.54, 1.807) is 0 Å². The van der Waals surface area contributed by atoms with Crippen molar-refractivity contribution in [2.24, 2.45) is 0 Å². The van der Waals surface area contributed by atoms with E-state index in [1.807, 2.05) is 17.4 Å². The van der Waals surface area contributed by atoms with Gasteiger partial charge in [-0.25, -0.2) is 15.0 Å². The average Bonchev–Trinajstić information content (AvgIpc) is 3.90. The lowest BCUT2D eigenvalue weighted by molar-refractivity contribution is 1.06. The minimum atomic E-state index is 0.601. The second kappa shape index (κ2) is 14.9. The van der Waals surface area contributed by atoms with Gasteiger partial charge in [0, 0.05) is 47.6 Å². The molecule has 5 heteroatoms. The van der Waals surface area contributed by atoms with E-state index in [1.165, 1.54) is 36.5 Å². The molecule has 0 saturated carbocycles. The zero-order chi connectivity index (χ0) is 41.0. The number of nitrogens with zero attached hydrogens (tertiary/aromatic N) is 4. The normalized spacial score (nSPS) is 11.5. The fourth-order valence-corrected chi connectivity index (χ4v) is 10.2. The Morgan fingerprint density at radius 1 is 0.306 bits per heavy atom. The number of fused-ring (bicyclic) bond motifs is 6. The van der Waals surface area contributed by atoms with Crippen LogP contribution < -0.4 is 0 Å². The minimum Gasteiger partial charge on any atom is -0.308 e. The van der Waals surface area contributed by atoms with Gasteiger partial charge in [0.25, 0.3) is 0 Å². The van der Waals surface area contributed by atoms with Crippen molar-refractivity contribution in [3.05, 3.63) is 218 Å². The summed E-state index contributed by atoms with van der Waals surface area (Å²) in [7, 11) is 0. The highest BCUT2D eigenvalue weighted by molar-refractivity contribution is 7.26. The second-order valence-corrected chi connectivity index (χ2v) is 16.6. The SMILES string of the molecule is c1ccc(-c2cccc(-c3nc(-c4cccc(-c5cccc6c5sc5ccccc56)c4)nc(-c4ccc(-c5ccccc5)cc4-n4c5ccccc5c5ccccc54)n3)c2)cc1. The maximum atomic E-state index is 5.41. The van der Waals surface area contributed by atoms with E-state index in [0.29, 0.717) is 17.5 Å². The van der Waals surface area contributed by atoms with Crippen molar-refractivity contribution in [2.75, 3.05) is 0 Å². The van der Waals surface area contributed by atoms with Gasteiger partial charge in [-0.3, -0.25) is 0 Å². The molecule has 0 N–H and O–H groups in total. The average molecular weight is 809 g/mol. The number of hydrogen-bond donors (Lipinski definition) is 0. The Bertz CT molecular complexity index is 3590. The van der Waals surface area contributed by atoms with Gasteiger partial charge in [0.15, 0.2) is 17.5 Å². The summed E-state index contributed by atoms with van der Waals surface area (Å²) in [4.78, 5) is 16.1. The van der Waals surface area contributed by atoms with Crippen molar-refractivity contribution in [2.45, 2.75) is 0 Å². The first-order valence-corrected chi connectivity index (χ1v) is 21.7. The van der Waals surface area contributed by atoms with Crippen molar-refractivity contribution < 1.29 is 0 Å². The van der Waals surface area contributed by atoms with Gasteiger partial charge in [-0.05, 0) is 75.8 Å². The Morgan fingerprint density at radius 2 is 0.790 bits per heavy atom. The first-order chi connectivity index (χ1) is 30.7. The van der Waals surface area contributed by atoms with Crippen LogP contribution in [0.3, 0.4) is 0 Å². The predicted molar refractivity (Wildman–Crippen MR) is 260 cm³/mol. The van der Waals surface area contributed by atoms with Crippen LogP contribution in [0.5, 0.6) is 0 Å². The number of benzene rings is 9. The summed E-state index contributed by atoms with van der Waals surface area (Å²) in [5.74, 6) is 1.82. The molecule has 0 fully saturated rings. The summed E-state index contributed by atoms with van der Waals surface area (Å²) in [5.41, 5.74) is 12.8. The number of aromatic nitrogens is 4.